The molecular formula is C12H24N2O2. The zero-order valence-corrected chi connectivity index (χ0v) is 10.1. The van der Waals surface area contributed by atoms with Gasteiger partial charge in [-0.3, -0.25) is 4.79 Å². The Bertz CT molecular complexity index is 213. The number of aliphatic hydroxyl groups excluding tert-OH is 1. The van der Waals surface area contributed by atoms with Crippen LogP contribution in [-0.2, 0) is 4.79 Å². The predicted molar refractivity (Wildman–Crippen MR) is 63.9 cm³/mol. The van der Waals surface area contributed by atoms with Gasteiger partial charge in [-0.15, -0.1) is 0 Å². The highest BCUT2D eigenvalue weighted by molar-refractivity contribution is 5.78. The topological polar surface area (TPSA) is 75.3 Å². The molecule has 4 nitrogen and oxygen atoms in total. The molecule has 94 valence electrons. The molecule has 0 saturated heterocycles. The van der Waals surface area contributed by atoms with Crippen molar-refractivity contribution in [2.75, 3.05) is 6.54 Å². The monoisotopic (exact) mass is 228 g/mol. The van der Waals surface area contributed by atoms with Gasteiger partial charge in [0, 0.05) is 18.5 Å². The lowest BCUT2D eigenvalue weighted by Crippen LogP contribution is -2.37. The molecule has 0 bridgehead atoms. The van der Waals surface area contributed by atoms with Crippen molar-refractivity contribution in [1.29, 1.82) is 0 Å². The summed E-state index contributed by atoms with van der Waals surface area (Å²) >= 11 is 0. The van der Waals surface area contributed by atoms with Crippen molar-refractivity contribution in [3.8, 4) is 0 Å². The van der Waals surface area contributed by atoms with Gasteiger partial charge < -0.3 is 16.2 Å². The summed E-state index contributed by atoms with van der Waals surface area (Å²) in [6, 6.07) is 0.283. The molecule has 0 aromatic heterocycles. The summed E-state index contributed by atoms with van der Waals surface area (Å²) < 4.78 is 0. The Morgan fingerprint density at radius 1 is 1.44 bits per heavy atom. The van der Waals surface area contributed by atoms with E-state index in [9.17, 15) is 9.90 Å². The van der Waals surface area contributed by atoms with Crippen molar-refractivity contribution in [3.05, 3.63) is 0 Å². The second-order valence-corrected chi connectivity index (χ2v) is 4.75. The zero-order chi connectivity index (χ0) is 12.0. The van der Waals surface area contributed by atoms with Gasteiger partial charge in [0.2, 0.25) is 5.91 Å². The molecule has 1 rings (SSSR count). The first-order chi connectivity index (χ1) is 7.63. The van der Waals surface area contributed by atoms with Crippen LogP contribution in [0.25, 0.3) is 0 Å². The molecule has 1 aliphatic rings. The van der Waals surface area contributed by atoms with E-state index < -0.39 is 0 Å². The third-order valence-corrected chi connectivity index (χ3v) is 3.39. The Hall–Kier alpha value is -0.610. The van der Waals surface area contributed by atoms with Gasteiger partial charge in [-0.2, -0.15) is 0 Å². The van der Waals surface area contributed by atoms with Gasteiger partial charge in [-0.05, 0) is 38.5 Å². The Kier molecular flexibility index (Phi) is 5.77. The van der Waals surface area contributed by atoms with Crippen molar-refractivity contribution in [3.63, 3.8) is 0 Å². The van der Waals surface area contributed by atoms with Gasteiger partial charge in [0.25, 0.3) is 0 Å². The molecule has 1 fully saturated rings. The second-order valence-electron chi connectivity index (χ2n) is 4.75. The summed E-state index contributed by atoms with van der Waals surface area (Å²) in [6.07, 6.45) is 4.82. The molecule has 0 heterocycles. The molecule has 4 heteroatoms. The molecule has 0 radical (unpaired) electrons. The number of nitrogens with one attached hydrogen (secondary N) is 1. The molecule has 4 N–H and O–H groups in total. The van der Waals surface area contributed by atoms with Crippen molar-refractivity contribution in [2.24, 2.45) is 11.7 Å². The number of aliphatic hydroxyl groups is 1. The SMILES string of the molecule is CCC(O)CCNC(=O)C1CCC(N)CC1. The average Bonchev–Trinajstić information content (AvgIpc) is 2.29. The average molecular weight is 228 g/mol. The van der Waals surface area contributed by atoms with Crippen LogP contribution in [-0.4, -0.2) is 29.7 Å². The van der Waals surface area contributed by atoms with E-state index in [0.29, 0.717) is 13.0 Å². The van der Waals surface area contributed by atoms with Gasteiger partial charge in [0.1, 0.15) is 0 Å². The fourth-order valence-electron chi connectivity index (χ4n) is 2.09. The first-order valence-electron chi connectivity index (χ1n) is 6.34. The fraction of sp³-hybridized carbons (Fsp3) is 0.917. The number of carbonyl (C=O) groups is 1. The number of nitrogens with two attached hydrogens (primary N) is 1. The molecule has 1 aliphatic carbocycles. The maximum absolute atomic E-state index is 11.7. The summed E-state index contributed by atoms with van der Waals surface area (Å²) in [5.74, 6) is 0.272. The summed E-state index contributed by atoms with van der Waals surface area (Å²) in [5.41, 5.74) is 5.79. The van der Waals surface area contributed by atoms with Gasteiger partial charge in [0.05, 0.1) is 6.10 Å². The van der Waals surface area contributed by atoms with Gasteiger partial charge >= 0.3 is 0 Å². The minimum atomic E-state index is -0.292. The Labute approximate surface area is 97.6 Å². The highest BCUT2D eigenvalue weighted by Crippen LogP contribution is 2.23. The van der Waals surface area contributed by atoms with Crippen LogP contribution >= 0.6 is 0 Å². The summed E-state index contributed by atoms with van der Waals surface area (Å²) in [7, 11) is 0. The van der Waals surface area contributed by atoms with E-state index in [0.717, 1.165) is 32.1 Å². The van der Waals surface area contributed by atoms with E-state index in [4.69, 9.17) is 5.73 Å². The van der Waals surface area contributed by atoms with Crippen LogP contribution < -0.4 is 11.1 Å². The van der Waals surface area contributed by atoms with Crippen molar-refractivity contribution >= 4 is 5.91 Å². The van der Waals surface area contributed by atoms with Crippen molar-refractivity contribution < 1.29 is 9.90 Å². The maximum atomic E-state index is 11.7. The molecule has 0 spiro atoms. The van der Waals surface area contributed by atoms with Crippen LogP contribution in [0.2, 0.25) is 0 Å². The van der Waals surface area contributed by atoms with Crippen LogP contribution in [0.3, 0.4) is 0 Å². The molecule has 0 aliphatic heterocycles. The van der Waals surface area contributed by atoms with Crippen LogP contribution in [0.15, 0.2) is 0 Å². The largest absolute Gasteiger partial charge is 0.393 e. The number of hydrogen-bond donors (Lipinski definition) is 3. The Morgan fingerprint density at radius 2 is 2.06 bits per heavy atom. The third kappa shape index (κ3) is 4.49. The van der Waals surface area contributed by atoms with Gasteiger partial charge in [0.15, 0.2) is 0 Å². The summed E-state index contributed by atoms with van der Waals surface area (Å²) in [6.45, 7) is 2.52. The van der Waals surface area contributed by atoms with Crippen LogP contribution in [0.5, 0.6) is 0 Å². The van der Waals surface area contributed by atoms with E-state index in [1.54, 1.807) is 0 Å². The van der Waals surface area contributed by atoms with Gasteiger partial charge in [-0.1, -0.05) is 6.92 Å². The van der Waals surface area contributed by atoms with E-state index in [1.165, 1.54) is 0 Å². The quantitative estimate of drug-likeness (QED) is 0.651. The molecule has 1 unspecified atom stereocenters. The number of rotatable bonds is 5. The molecule has 1 saturated carbocycles. The minimum absolute atomic E-state index is 0.134. The highest BCUT2D eigenvalue weighted by Gasteiger charge is 2.24. The van der Waals surface area contributed by atoms with Crippen molar-refractivity contribution in [2.45, 2.75) is 57.6 Å². The molecule has 0 aromatic carbocycles. The second kappa shape index (κ2) is 6.86. The number of amides is 1. The first-order valence-corrected chi connectivity index (χ1v) is 6.34. The lowest BCUT2D eigenvalue weighted by Gasteiger charge is -2.25. The molecular weight excluding hydrogens is 204 g/mol. The first kappa shape index (κ1) is 13.5. The summed E-state index contributed by atoms with van der Waals surface area (Å²) in [4.78, 5) is 11.7. The van der Waals surface area contributed by atoms with Gasteiger partial charge in [-0.25, -0.2) is 0 Å². The fourth-order valence-corrected chi connectivity index (χ4v) is 2.09. The smallest absolute Gasteiger partial charge is 0.223 e. The zero-order valence-electron chi connectivity index (χ0n) is 10.1. The Morgan fingerprint density at radius 3 is 2.62 bits per heavy atom. The molecule has 0 aromatic rings. The third-order valence-electron chi connectivity index (χ3n) is 3.39. The Balaban J connectivity index is 2.15. The minimum Gasteiger partial charge on any atom is -0.393 e. The van der Waals surface area contributed by atoms with E-state index in [-0.39, 0.29) is 24.0 Å². The van der Waals surface area contributed by atoms with E-state index >= 15 is 0 Å². The predicted octanol–water partition coefficient (Wildman–Crippen LogP) is 0.781. The maximum Gasteiger partial charge on any atom is 0.223 e. The lowest BCUT2D eigenvalue weighted by atomic mass is 9.86. The van der Waals surface area contributed by atoms with Crippen molar-refractivity contribution in [1.82, 2.24) is 5.32 Å². The standard InChI is InChI=1S/C12H24N2O2/c1-2-11(15)7-8-14-12(16)9-3-5-10(13)6-4-9/h9-11,15H,2-8,13H2,1H3,(H,14,16). The van der Waals surface area contributed by atoms with Crippen LogP contribution in [0.1, 0.15) is 45.4 Å². The molecule has 16 heavy (non-hydrogen) atoms. The van der Waals surface area contributed by atoms with Crippen LogP contribution in [0.4, 0.5) is 0 Å². The lowest BCUT2D eigenvalue weighted by molar-refractivity contribution is -0.126. The molecule has 1 atom stereocenters. The summed E-state index contributed by atoms with van der Waals surface area (Å²) in [5, 5.41) is 12.2. The van der Waals surface area contributed by atoms with Crippen LogP contribution in [0, 0.1) is 5.92 Å². The highest BCUT2D eigenvalue weighted by atomic mass is 16.3. The number of hydrogen-bond acceptors (Lipinski definition) is 3. The molecule has 1 amide bonds. The normalized spacial score (nSPS) is 27.4. The van der Waals surface area contributed by atoms with E-state index in [2.05, 4.69) is 5.32 Å². The van der Waals surface area contributed by atoms with E-state index in [1.807, 2.05) is 6.92 Å². The number of carbonyl (C=O) groups excluding carboxylic acids is 1.